The van der Waals surface area contributed by atoms with Gasteiger partial charge in [-0.15, -0.1) is 0 Å². The number of nitrogens with zero attached hydrogens (tertiary/aromatic N) is 2. The molecular formula is C20H18N4O4. The number of piperidine rings is 1. The molecule has 8 nitrogen and oxygen atoms in total. The van der Waals surface area contributed by atoms with Gasteiger partial charge in [-0.1, -0.05) is 12.1 Å². The van der Waals surface area contributed by atoms with Gasteiger partial charge in [0.2, 0.25) is 11.8 Å². The first-order valence-electron chi connectivity index (χ1n) is 8.97. The molecule has 0 saturated carbocycles. The Bertz CT molecular complexity index is 973. The van der Waals surface area contributed by atoms with Crippen LogP contribution >= 0.6 is 0 Å². The second-order valence-corrected chi connectivity index (χ2v) is 6.85. The molecule has 0 spiro atoms. The Morgan fingerprint density at radius 2 is 1.89 bits per heavy atom. The van der Waals surface area contributed by atoms with E-state index < -0.39 is 11.8 Å². The van der Waals surface area contributed by atoms with E-state index in [0.29, 0.717) is 31.5 Å². The third kappa shape index (κ3) is 3.54. The predicted molar refractivity (Wildman–Crippen MR) is 97.9 cm³/mol. The Kier molecular flexibility index (Phi) is 4.70. The lowest BCUT2D eigenvalue weighted by atomic mass is 10.0. The summed E-state index contributed by atoms with van der Waals surface area (Å²) >= 11 is 0. The quantitative estimate of drug-likeness (QED) is 0.764. The lowest BCUT2D eigenvalue weighted by Gasteiger charge is -2.29. The smallest absolute Gasteiger partial charge is 0.276 e. The Morgan fingerprint density at radius 3 is 2.64 bits per heavy atom. The highest BCUT2D eigenvalue weighted by Crippen LogP contribution is 2.28. The number of nitrogens with one attached hydrogen (secondary N) is 2. The van der Waals surface area contributed by atoms with Crippen molar-refractivity contribution in [3.8, 4) is 0 Å². The minimum atomic E-state index is -0.559. The molecule has 1 aromatic heterocycles. The van der Waals surface area contributed by atoms with Gasteiger partial charge >= 0.3 is 0 Å². The number of carbonyl (C=O) groups is 4. The average Bonchev–Trinajstić information content (AvgIpc) is 3.11. The average molecular weight is 378 g/mol. The van der Waals surface area contributed by atoms with E-state index in [9.17, 15) is 19.2 Å². The number of carbonyl (C=O) groups excluding carboxylic acids is 4. The largest absolute Gasteiger partial charge is 0.295 e. The van der Waals surface area contributed by atoms with Crippen LogP contribution in [0.25, 0.3) is 0 Å². The summed E-state index contributed by atoms with van der Waals surface area (Å²) in [6, 6.07) is 9.77. The Labute approximate surface area is 160 Å². The Balaban J connectivity index is 1.44. The number of rotatable bonds is 3. The highest BCUT2D eigenvalue weighted by molar-refractivity contribution is 6.09. The molecule has 28 heavy (non-hydrogen) atoms. The molecule has 1 aromatic carbocycles. The van der Waals surface area contributed by atoms with Crippen molar-refractivity contribution in [2.24, 2.45) is 0 Å². The lowest BCUT2D eigenvalue weighted by molar-refractivity contribution is -0.137. The second-order valence-electron chi connectivity index (χ2n) is 6.85. The van der Waals surface area contributed by atoms with E-state index >= 15 is 0 Å². The topological polar surface area (TPSA) is 108 Å². The molecule has 2 aliphatic heterocycles. The highest BCUT2D eigenvalue weighted by atomic mass is 16.2. The van der Waals surface area contributed by atoms with Crippen LogP contribution in [0.2, 0.25) is 0 Å². The summed E-state index contributed by atoms with van der Waals surface area (Å²) in [7, 11) is 0. The molecule has 2 aliphatic rings. The van der Waals surface area contributed by atoms with Gasteiger partial charge in [-0.2, -0.15) is 0 Å². The van der Waals surface area contributed by atoms with Crippen LogP contribution in [-0.2, 0) is 22.7 Å². The summed E-state index contributed by atoms with van der Waals surface area (Å²) in [5.74, 6) is -1.58. The van der Waals surface area contributed by atoms with Crippen LogP contribution in [0.1, 0.15) is 44.8 Å². The van der Waals surface area contributed by atoms with Gasteiger partial charge in [-0.3, -0.25) is 39.7 Å². The van der Waals surface area contributed by atoms with Gasteiger partial charge in [0, 0.05) is 31.3 Å². The minimum Gasteiger partial charge on any atom is -0.295 e. The number of benzene rings is 1. The highest BCUT2D eigenvalue weighted by Gasteiger charge is 2.34. The number of fused-ring (bicyclic) bond motifs is 1. The van der Waals surface area contributed by atoms with Crippen molar-refractivity contribution < 1.29 is 19.2 Å². The summed E-state index contributed by atoms with van der Waals surface area (Å²) in [5.41, 5.74) is 2.49. The molecule has 4 amide bonds. The monoisotopic (exact) mass is 378 g/mol. The fraction of sp³-hybridized carbons (Fsp3) is 0.250. The van der Waals surface area contributed by atoms with Crippen LogP contribution in [-0.4, -0.2) is 39.6 Å². The van der Waals surface area contributed by atoms with Crippen LogP contribution < -0.4 is 10.6 Å². The summed E-state index contributed by atoms with van der Waals surface area (Å²) in [4.78, 5) is 53.9. The minimum absolute atomic E-state index is 0.168. The van der Waals surface area contributed by atoms with E-state index in [2.05, 4.69) is 15.6 Å². The fourth-order valence-corrected chi connectivity index (χ4v) is 3.55. The number of pyridine rings is 1. The van der Waals surface area contributed by atoms with Crippen LogP contribution in [0.5, 0.6) is 0 Å². The summed E-state index contributed by atoms with van der Waals surface area (Å²) in [6.07, 6.45) is 2.30. The number of amides is 4. The van der Waals surface area contributed by atoms with Crippen LogP contribution in [0.4, 0.5) is 0 Å². The summed E-state index contributed by atoms with van der Waals surface area (Å²) in [6.45, 7) is 1.09. The van der Waals surface area contributed by atoms with Crippen molar-refractivity contribution >= 4 is 23.6 Å². The molecule has 1 unspecified atom stereocenters. The standard InChI is InChI=1S/C20H18N4O4/c25-17-7-6-16(20(28)22-17)24-10-13-5-4-12(9-14(13)11-24)18(26)23-19(27)15-3-1-2-8-21-15/h1-5,8-9,16H,6-7,10-11H2,(H,22,25,28)(H,23,26,27). The van der Waals surface area contributed by atoms with Crippen molar-refractivity contribution in [3.63, 3.8) is 0 Å². The van der Waals surface area contributed by atoms with Gasteiger partial charge < -0.3 is 0 Å². The number of imide groups is 2. The van der Waals surface area contributed by atoms with Crippen molar-refractivity contribution in [3.05, 3.63) is 65.0 Å². The van der Waals surface area contributed by atoms with Gasteiger partial charge in [-0.05, 0) is 41.8 Å². The van der Waals surface area contributed by atoms with Gasteiger partial charge in [0.25, 0.3) is 11.8 Å². The zero-order valence-corrected chi connectivity index (χ0v) is 15.0. The molecule has 1 fully saturated rings. The van der Waals surface area contributed by atoms with E-state index in [0.717, 1.165) is 11.1 Å². The van der Waals surface area contributed by atoms with E-state index in [4.69, 9.17) is 0 Å². The molecule has 0 radical (unpaired) electrons. The van der Waals surface area contributed by atoms with Crippen LogP contribution in [0.3, 0.4) is 0 Å². The van der Waals surface area contributed by atoms with E-state index in [1.54, 1.807) is 24.3 Å². The number of aromatic nitrogens is 1. The predicted octanol–water partition coefficient (Wildman–Crippen LogP) is 0.773. The van der Waals surface area contributed by atoms with Crippen molar-refractivity contribution in [2.45, 2.75) is 32.0 Å². The maximum atomic E-state index is 12.4. The SMILES string of the molecule is O=C1CCC(N2Cc3ccc(C(=O)NC(=O)c4ccccn4)cc3C2)C(=O)N1. The third-order valence-corrected chi connectivity index (χ3v) is 4.99. The normalized spacial score (nSPS) is 19.1. The molecular weight excluding hydrogens is 360 g/mol. The van der Waals surface area contributed by atoms with Gasteiger partial charge in [0.05, 0.1) is 6.04 Å². The summed E-state index contributed by atoms with van der Waals surface area (Å²) < 4.78 is 0. The summed E-state index contributed by atoms with van der Waals surface area (Å²) in [5, 5.41) is 4.71. The molecule has 8 heteroatoms. The second kappa shape index (κ2) is 7.32. The van der Waals surface area contributed by atoms with Gasteiger partial charge in [0.15, 0.2) is 0 Å². The molecule has 0 bridgehead atoms. The maximum Gasteiger partial charge on any atom is 0.276 e. The van der Waals surface area contributed by atoms with Crippen molar-refractivity contribution in [2.75, 3.05) is 0 Å². The van der Waals surface area contributed by atoms with E-state index in [1.807, 2.05) is 11.0 Å². The molecule has 3 heterocycles. The zero-order chi connectivity index (χ0) is 19.7. The van der Waals surface area contributed by atoms with Gasteiger partial charge in [-0.25, -0.2) is 0 Å². The van der Waals surface area contributed by atoms with E-state index in [-0.39, 0.29) is 23.6 Å². The van der Waals surface area contributed by atoms with Crippen LogP contribution in [0, 0.1) is 0 Å². The van der Waals surface area contributed by atoms with E-state index in [1.165, 1.54) is 12.3 Å². The van der Waals surface area contributed by atoms with Crippen LogP contribution in [0.15, 0.2) is 42.6 Å². The molecule has 2 aromatic rings. The molecule has 2 N–H and O–H groups in total. The first-order chi connectivity index (χ1) is 13.5. The molecule has 0 aliphatic carbocycles. The Hall–Kier alpha value is -3.39. The van der Waals surface area contributed by atoms with Crippen molar-refractivity contribution in [1.29, 1.82) is 0 Å². The Morgan fingerprint density at radius 1 is 1.07 bits per heavy atom. The van der Waals surface area contributed by atoms with Crippen molar-refractivity contribution in [1.82, 2.24) is 20.5 Å². The first-order valence-corrected chi connectivity index (χ1v) is 8.97. The third-order valence-electron chi connectivity index (χ3n) is 4.99. The molecule has 1 atom stereocenters. The number of hydrogen-bond acceptors (Lipinski definition) is 6. The number of hydrogen-bond donors (Lipinski definition) is 2. The van der Waals surface area contributed by atoms with Gasteiger partial charge in [0.1, 0.15) is 5.69 Å². The fourth-order valence-electron chi connectivity index (χ4n) is 3.55. The first kappa shape index (κ1) is 18.0. The maximum absolute atomic E-state index is 12.4. The molecule has 4 rings (SSSR count). The lowest BCUT2D eigenvalue weighted by Crippen LogP contribution is -2.50. The molecule has 1 saturated heterocycles. The zero-order valence-electron chi connectivity index (χ0n) is 15.0. The molecule has 142 valence electrons.